The van der Waals surface area contributed by atoms with Crippen LogP contribution in [0.25, 0.3) is 11.0 Å². The highest BCUT2D eigenvalue weighted by atomic mass is 33.1. The third-order valence-corrected chi connectivity index (χ3v) is 15.8. The number of rotatable bonds is 6. The molecule has 0 unspecified atom stereocenters. The molecule has 9 atom stereocenters. The highest BCUT2D eigenvalue weighted by Crippen LogP contribution is 2.61. The molecule has 1 aromatic carbocycles. The van der Waals surface area contributed by atoms with Gasteiger partial charge in [-0.1, -0.05) is 40.9 Å². The Morgan fingerprint density at radius 3 is 2.67 bits per heavy atom. The molecule has 3 aliphatic carbocycles. The van der Waals surface area contributed by atoms with E-state index in [2.05, 4.69) is 5.32 Å². The van der Waals surface area contributed by atoms with E-state index >= 15 is 0 Å². The second-order valence-electron chi connectivity index (χ2n) is 15.4. The van der Waals surface area contributed by atoms with Crippen LogP contribution in [0.4, 0.5) is 0 Å². The molecule has 7 N–H and O–H groups in total. The van der Waals surface area contributed by atoms with E-state index in [0.717, 1.165) is 32.1 Å². The lowest BCUT2D eigenvalue weighted by Gasteiger charge is -2.67. The molecule has 5 aliphatic rings. The molecule has 7 rings (SSSR count). The summed E-state index contributed by atoms with van der Waals surface area (Å²) in [6.45, 7) is 2.23. The van der Waals surface area contributed by atoms with Crippen LogP contribution in [0.3, 0.4) is 0 Å². The summed E-state index contributed by atoms with van der Waals surface area (Å²) in [7, 11) is 3.17. The van der Waals surface area contributed by atoms with Gasteiger partial charge in [0.25, 0.3) is 0 Å². The molecule has 2 aliphatic heterocycles. The molecule has 13 nitrogen and oxygen atoms in total. The summed E-state index contributed by atoms with van der Waals surface area (Å²) >= 11 is 0. The number of aryl methyl sites for hydroxylation is 1. The normalized spacial score (nSPS) is 37.8. The Morgan fingerprint density at radius 2 is 1.92 bits per heavy atom. The second-order valence-corrected chi connectivity index (χ2v) is 18.1. The Kier molecular flexibility index (Phi) is 11.4. The maximum atomic E-state index is 13.0. The van der Waals surface area contributed by atoms with Crippen LogP contribution in [0.15, 0.2) is 22.8 Å². The number of esters is 1. The van der Waals surface area contributed by atoms with Gasteiger partial charge in [0.05, 0.1) is 25.6 Å². The van der Waals surface area contributed by atoms with Crippen LogP contribution in [-0.4, -0.2) is 122 Å². The summed E-state index contributed by atoms with van der Waals surface area (Å²) < 4.78 is 31.0. The van der Waals surface area contributed by atoms with E-state index < -0.39 is 72.2 Å². The average Bonchev–Trinajstić information content (AvgIpc) is 3.61. The molecule has 4 bridgehead atoms. The first kappa shape index (κ1) is 38.5. The number of aliphatic hydroxyl groups is 6. The van der Waals surface area contributed by atoms with Crippen LogP contribution in [-0.2, 0) is 20.7 Å². The topological polar surface area (TPSA) is 201 Å². The molecule has 290 valence electrons. The summed E-state index contributed by atoms with van der Waals surface area (Å²) in [6, 6.07) is 3.57. The molecule has 0 amide bonds. The summed E-state index contributed by atoms with van der Waals surface area (Å²) in [5.41, 5.74) is -5.38. The van der Waals surface area contributed by atoms with Crippen molar-refractivity contribution in [1.82, 2.24) is 5.32 Å². The van der Waals surface area contributed by atoms with Crippen molar-refractivity contribution < 1.29 is 58.8 Å². The lowest BCUT2D eigenvalue weighted by atomic mass is 9.49. The molecule has 1 spiro atoms. The van der Waals surface area contributed by atoms with Crippen molar-refractivity contribution in [3.63, 3.8) is 0 Å². The van der Waals surface area contributed by atoms with Crippen molar-refractivity contribution in [2.24, 2.45) is 17.8 Å². The van der Waals surface area contributed by atoms with Gasteiger partial charge in [-0.25, -0.2) is 0 Å². The van der Waals surface area contributed by atoms with E-state index in [1.54, 1.807) is 29.9 Å². The fourth-order valence-corrected chi connectivity index (χ4v) is 13.4. The summed E-state index contributed by atoms with van der Waals surface area (Å²) in [6.07, 6.45) is 3.08. The second kappa shape index (κ2) is 15.4. The van der Waals surface area contributed by atoms with Gasteiger partial charge in [-0.3, -0.25) is 4.79 Å². The first-order chi connectivity index (χ1) is 25.0. The fraction of sp³-hybridized carbons (Fsp3) is 0.757. The molecule has 2 aromatic rings. The van der Waals surface area contributed by atoms with Crippen molar-refractivity contribution in [2.45, 2.75) is 111 Å². The molecule has 3 heterocycles. The number of aliphatic hydroxyl groups excluding tert-OH is 4. The molecule has 4 fully saturated rings. The number of carbonyl (C=O) groups excluding carboxylic acids is 1. The van der Waals surface area contributed by atoms with Crippen LogP contribution in [0.1, 0.15) is 70.3 Å². The summed E-state index contributed by atoms with van der Waals surface area (Å²) in [5.74, 6) is -2.30. The number of fused-ring (bicyclic) bond motifs is 11. The third kappa shape index (κ3) is 6.54. The maximum absolute atomic E-state index is 13.0. The standard InChI is InChI=1S/C37H53NO12S2/c1-2-46-27(42)9-7-22-16-23-10-14-47-29(23)31-30(22)49-33-37(45)28-24(6-8-26(41)25(28)18-39)17-36(44,32(37)43)35(20-40,50-33)21-51-52-34(11-4-3-5-12-34)19-38-13-15-48-31/h10,14,16,24-26,28,32-33,38-41,43-45H,2-9,11-13,15,17-21H2,1H3/t24-,25+,26+,28+,32+,33-,35+,36+,37-/m1/s1. The number of benzene rings is 1. The number of hydrogen-bond acceptors (Lipinski definition) is 15. The number of carbonyl (C=O) groups is 1. The highest BCUT2D eigenvalue weighted by Gasteiger charge is 2.77. The van der Waals surface area contributed by atoms with E-state index in [1.807, 2.05) is 0 Å². The van der Waals surface area contributed by atoms with E-state index in [4.69, 9.17) is 23.4 Å². The van der Waals surface area contributed by atoms with Crippen LogP contribution < -0.4 is 14.8 Å². The van der Waals surface area contributed by atoms with Gasteiger partial charge in [-0.15, -0.1) is 0 Å². The van der Waals surface area contributed by atoms with Crippen LogP contribution in [0.2, 0.25) is 0 Å². The van der Waals surface area contributed by atoms with Gasteiger partial charge < -0.3 is 59.3 Å². The number of hydrogen-bond donors (Lipinski definition) is 7. The maximum Gasteiger partial charge on any atom is 0.306 e. The predicted octanol–water partition coefficient (Wildman–Crippen LogP) is 2.68. The number of ether oxygens (including phenoxy) is 4. The van der Waals surface area contributed by atoms with Crippen LogP contribution in [0.5, 0.6) is 11.5 Å². The lowest BCUT2D eigenvalue weighted by molar-refractivity contribution is -0.421. The van der Waals surface area contributed by atoms with E-state index in [1.165, 1.54) is 17.1 Å². The fourth-order valence-electron chi connectivity index (χ4n) is 9.67. The Bertz CT molecular complexity index is 1570. The SMILES string of the molecule is CCOC(=O)CCc1cc2ccoc2c2c1O[C@@H]1O[C@@](CO)(CSSC3(CCCCC3)CNCCO2)[C@]2(O)C[C@H]3CC[C@H](O)[C@H](CO)[C@H]3[C@@]1(O)[C@H]2O. The minimum atomic E-state index is -2.36. The number of nitrogens with one attached hydrogen (secondary N) is 1. The van der Waals surface area contributed by atoms with Gasteiger partial charge in [-0.05, 0) is 69.1 Å². The van der Waals surface area contributed by atoms with Gasteiger partial charge >= 0.3 is 5.97 Å². The molecule has 1 aromatic heterocycles. The van der Waals surface area contributed by atoms with Gasteiger partial charge in [0.2, 0.25) is 12.0 Å². The Balaban J connectivity index is 1.38. The monoisotopic (exact) mass is 767 g/mol. The van der Waals surface area contributed by atoms with Crippen LogP contribution in [0, 0.1) is 17.8 Å². The molecule has 52 heavy (non-hydrogen) atoms. The summed E-state index contributed by atoms with van der Waals surface area (Å²) in [4.78, 5) is 12.6. The zero-order chi connectivity index (χ0) is 36.7. The van der Waals surface area contributed by atoms with Gasteiger partial charge in [0.1, 0.15) is 23.9 Å². The lowest BCUT2D eigenvalue weighted by Crippen LogP contribution is -2.85. The average molecular weight is 768 g/mol. The molecule has 15 heteroatoms. The predicted molar refractivity (Wildman–Crippen MR) is 194 cm³/mol. The van der Waals surface area contributed by atoms with E-state index in [9.17, 15) is 35.4 Å². The van der Waals surface area contributed by atoms with E-state index in [0.29, 0.717) is 42.5 Å². The quantitative estimate of drug-likeness (QED) is 0.167. The molecular weight excluding hydrogens is 715 g/mol. The minimum absolute atomic E-state index is 0.00667. The zero-order valence-corrected chi connectivity index (χ0v) is 31.3. The Labute approximate surface area is 311 Å². The molecule has 1 saturated heterocycles. The van der Waals surface area contributed by atoms with Gasteiger partial charge in [0, 0.05) is 53.8 Å². The van der Waals surface area contributed by atoms with Crippen LogP contribution >= 0.6 is 21.6 Å². The van der Waals surface area contributed by atoms with Crippen molar-refractivity contribution in [2.75, 3.05) is 45.3 Å². The van der Waals surface area contributed by atoms with Crippen molar-refractivity contribution >= 4 is 38.5 Å². The smallest absolute Gasteiger partial charge is 0.306 e. The Hall–Kier alpha value is -1.79. The van der Waals surface area contributed by atoms with Crippen molar-refractivity contribution in [3.05, 3.63) is 24.0 Å². The molecule has 0 radical (unpaired) electrons. The van der Waals surface area contributed by atoms with Crippen molar-refractivity contribution in [1.29, 1.82) is 0 Å². The first-order valence-corrected chi connectivity index (χ1v) is 21.1. The summed E-state index contributed by atoms with van der Waals surface area (Å²) in [5, 5.41) is 75.2. The van der Waals surface area contributed by atoms with Gasteiger partial charge in [-0.2, -0.15) is 0 Å². The largest absolute Gasteiger partial charge is 0.485 e. The third-order valence-electron chi connectivity index (χ3n) is 12.4. The van der Waals surface area contributed by atoms with Crippen molar-refractivity contribution in [3.8, 4) is 11.5 Å². The van der Waals surface area contributed by atoms with Gasteiger partial charge in [0.15, 0.2) is 16.9 Å². The number of furan rings is 1. The van der Waals surface area contributed by atoms with E-state index in [-0.39, 0.29) is 54.5 Å². The Morgan fingerprint density at radius 1 is 1.12 bits per heavy atom. The molecular formula is C37H53NO12S2. The highest BCUT2D eigenvalue weighted by molar-refractivity contribution is 8.77. The molecule has 3 saturated carbocycles. The minimum Gasteiger partial charge on any atom is -0.485 e. The zero-order valence-electron chi connectivity index (χ0n) is 29.7. The first-order valence-electron chi connectivity index (χ1n) is 18.7.